The Hall–Kier alpha value is -3.55. The highest BCUT2D eigenvalue weighted by molar-refractivity contribution is 5.91. The number of hydrogen-bond acceptors (Lipinski definition) is 6. The molecule has 0 radical (unpaired) electrons. The van der Waals surface area contributed by atoms with E-state index in [-0.39, 0.29) is 5.91 Å². The van der Waals surface area contributed by atoms with Gasteiger partial charge >= 0.3 is 0 Å². The van der Waals surface area contributed by atoms with Gasteiger partial charge < -0.3 is 10.2 Å². The zero-order chi connectivity index (χ0) is 21.6. The second-order valence-electron chi connectivity index (χ2n) is 7.89. The number of pyridine rings is 1. The first-order valence-corrected chi connectivity index (χ1v) is 10.5. The number of nitrogens with zero attached hydrogens (tertiary/aromatic N) is 6. The van der Waals surface area contributed by atoms with Crippen molar-refractivity contribution in [2.45, 2.75) is 26.2 Å². The van der Waals surface area contributed by atoms with E-state index in [9.17, 15) is 4.79 Å². The maximum Gasteiger partial charge on any atom is 0.246 e. The first kappa shape index (κ1) is 20.7. The molecule has 3 aromatic heterocycles. The van der Waals surface area contributed by atoms with Crippen LogP contribution in [0.3, 0.4) is 0 Å². The van der Waals surface area contributed by atoms with Gasteiger partial charge in [0.1, 0.15) is 18.0 Å². The van der Waals surface area contributed by atoms with E-state index in [0.29, 0.717) is 5.92 Å². The van der Waals surface area contributed by atoms with Gasteiger partial charge in [-0.3, -0.25) is 9.48 Å². The highest BCUT2D eigenvalue weighted by atomic mass is 16.2. The normalized spacial score (nSPS) is 16.6. The minimum absolute atomic E-state index is 0.0430. The maximum atomic E-state index is 12.7. The molecular formula is C23H27N7O. The van der Waals surface area contributed by atoms with E-state index in [1.54, 1.807) is 23.3 Å². The summed E-state index contributed by atoms with van der Waals surface area (Å²) in [5.74, 6) is 1.91. The number of likely N-dealkylation sites (tertiary alicyclic amines) is 1. The summed E-state index contributed by atoms with van der Waals surface area (Å²) in [5, 5.41) is 7.36. The van der Waals surface area contributed by atoms with Gasteiger partial charge in [-0.15, -0.1) is 0 Å². The summed E-state index contributed by atoms with van der Waals surface area (Å²) in [5.41, 5.74) is 2.82. The first-order valence-electron chi connectivity index (χ1n) is 10.5. The van der Waals surface area contributed by atoms with Crippen LogP contribution in [0.4, 0.5) is 11.6 Å². The molecule has 4 rings (SSSR count). The fourth-order valence-electron chi connectivity index (χ4n) is 3.86. The highest BCUT2D eigenvalue weighted by Crippen LogP contribution is 2.22. The summed E-state index contributed by atoms with van der Waals surface area (Å²) in [6.45, 7) is 3.49. The minimum Gasteiger partial charge on any atom is -0.339 e. The van der Waals surface area contributed by atoms with Crippen LogP contribution < -0.4 is 5.32 Å². The Bertz CT molecular complexity index is 1080. The summed E-state index contributed by atoms with van der Waals surface area (Å²) in [6, 6.07) is 9.68. The smallest absolute Gasteiger partial charge is 0.246 e. The van der Waals surface area contributed by atoms with Gasteiger partial charge in [0.05, 0.1) is 5.69 Å². The second-order valence-corrected chi connectivity index (χ2v) is 7.89. The Labute approximate surface area is 182 Å². The van der Waals surface area contributed by atoms with Crippen molar-refractivity contribution in [2.24, 2.45) is 13.0 Å². The number of hydrogen-bond donors (Lipinski definition) is 1. The standard InChI is InChI=1S/C23H27N7O/c1-17-5-3-7-21(27-17)28-22-14-19(24-16-25-22)13-18-6-4-12-30(15-18)23(31)9-8-20-10-11-26-29(20)2/h3,5,7-11,14,16,18H,4,6,12-13,15H2,1-2H3,(H,24,25,27,28)/b9-8+. The topological polar surface area (TPSA) is 88.8 Å². The zero-order valence-corrected chi connectivity index (χ0v) is 17.9. The van der Waals surface area contributed by atoms with Gasteiger partial charge in [0.2, 0.25) is 5.91 Å². The number of nitrogens with one attached hydrogen (secondary N) is 1. The lowest BCUT2D eigenvalue weighted by Crippen LogP contribution is -2.39. The molecule has 1 N–H and O–H groups in total. The van der Waals surface area contributed by atoms with Crippen molar-refractivity contribution >= 4 is 23.6 Å². The molecule has 160 valence electrons. The third kappa shape index (κ3) is 5.53. The molecule has 31 heavy (non-hydrogen) atoms. The molecule has 0 saturated carbocycles. The van der Waals surface area contributed by atoms with Gasteiger partial charge in [0.25, 0.3) is 0 Å². The van der Waals surface area contributed by atoms with E-state index < -0.39 is 0 Å². The number of carbonyl (C=O) groups is 1. The molecule has 1 saturated heterocycles. The van der Waals surface area contributed by atoms with Crippen LogP contribution in [0, 0.1) is 12.8 Å². The molecule has 3 aromatic rings. The predicted octanol–water partition coefficient (Wildman–Crippen LogP) is 3.15. The number of aryl methyl sites for hydroxylation is 2. The molecule has 8 heteroatoms. The Morgan fingerprint density at radius 1 is 1.26 bits per heavy atom. The van der Waals surface area contributed by atoms with Crippen molar-refractivity contribution < 1.29 is 4.79 Å². The summed E-state index contributed by atoms with van der Waals surface area (Å²) in [7, 11) is 1.86. The summed E-state index contributed by atoms with van der Waals surface area (Å²) in [4.78, 5) is 27.8. The van der Waals surface area contributed by atoms with Gasteiger partial charge in [0, 0.05) is 49.9 Å². The Morgan fingerprint density at radius 3 is 2.97 bits per heavy atom. The predicted molar refractivity (Wildman–Crippen MR) is 120 cm³/mol. The van der Waals surface area contributed by atoms with Gasteiger partial charge in [0.15, 0.2) is 0 Å². The van der Waals surface area contributed by atoms with Crippen molar-refractivity contribution in [3.05, 3.63) is 66.0 Å². The van der Waals surface area contributed by atoms with Crippen molar-refractivity contribution in [3.63, 3.8) is 0 Å². The number of anilines is 2. The van der Waals surface area contributed by atoms with E-state index in [0.717, 1.165) is 61.1 Å². The molecule has 1 unspecified atom stereocenters. The van der Waals surface area contributed by atoms with Crippen LogP contribution in [0.5, 0.6) is 0 Å². The lowest BCUT2D eigenvalue weighted by atomic mass is 9.93. The Morgan fingerprint density at radius 2 is 2.16 bits per heavy atom. The summed E-state index contributed by atoms with van der Waals surface area (Å²) in [6.07, 6.45) is 9.66. The molecule has 0 aromatic carbocycles. The van der Waals surface area contributed by atoms with E-state index in [1.165, 1.54) is 0 Å². The molecule has 4 heterocycles. The van der Waals surface area contributed by atoms with Gasteiger partial charge in [-0.25, -0.2) is 15.0 Å². The summed E-state index contributed by atoms with van der Waals surface area (Å²) < 4.78 is 1.75. The Kier molecular flexibility index (Phi) is 6.35. The number of piperidine rings is 1. The lowest BCUT2D eigenvalue weighted by molar-refractivity contribution is -0.127. The van der Waals surface area contributed by atoms with E-state index in [1.807, 2.05) is 55.3 Å². The average Bonchev–Trinajstić information content (AvgIpc) is 3.17. The van der Waals surface area contributed by atoms with E-state index in [2.05, 4.69) is 25.4 Å². The summed E-state index contributed by atoms with van der Waals surface area (Å²) >= 11 is 0. The third-order valence-electron chi connectivity index (χ3n) is 5.45. The average molecular weight is 418 g/mol. The Balaban J connectivity index is 1.36. The van der Waals surface area contributed by atoms with Crippen molar-refractivity contribution in [2.75, 3.05) is 18.4 Å². The molecular weight excluding hydrogens is 390 g/mol. The molecule has 0 bridgehead atoms. The quantitative estimate of drug-likeness (QED) is 0.620. The van der Waals surface area contributed by atoms with Crippen molar-refractivity contribution in [3.8, 4) is 0 Å². The minimum atomic E-state index is 0.0430. The number of aromatic nitrogens is 5. The monoisotopic (exact) mass is 417 g/mol. The number of rotatable bonds is 6. The first-order chi connectivity index (χ1) is 15.1. The fraction of sp³-hybridized carbons (Fsp3) is 0.348. The van der Waals surface area contributed by atoms with Crippen LogP contribution in [-0.2, 0) is 18.3 Å². The van der Waals surface area contributed by atoms with E-state index in [4.69, 9.17) is 0 Å². The largest absolute Gasteiger partial charge is 0.339 e. The van der Waals surface area contributed by atoms with Crippen LogP contribution in [0.1, 0.15) is 29.9 Å². The van der Waals surface area contributed by atoms with Crippen LogP contribution in [0.2, 0.25) is 0 Å². The number of carbonyl (C=O) groups excluding carboxylic acids is 1. The van der Waals surface area contributed by atoms with E-state index >= 15 is 0 Å². The van der Waals surface area contributed by atoms with Gasteiger partial charge in [-0.2, -0.15) is 5.10 Å². The zero-order valence-electron chi connectivity index (χ0n) is 17.9. The van der Waals surface area contributed by atoms with Crippen LogP contribution in [0.25, 0.3) is 6.08 Å². The third-order valence-corrected chi connectivity index (χ3v) is 5.45. The number of amides is 1. The molecule has 1 atom stereocenters. The van der Waals surface area contributed by atoms with Crippen LogP contribution in [-0.4, -0.2) is 48.6 Å². The molecule has 1 aliphatic rings. The van der Waals surface area contributed by atoms with Crippen LogP contribution >= 0.6 is 0 Å². The molecule has 0 spiro atoms. The maximum absolute atomic E-state index is 12.7. The molecule has 0 aliphatic carbocycles. The molecule has 8 nitrogen and oxygen atoms in total. The van der Waals surface area contributed by atoms with Gasteiger partial charge in [-0.05, 0) is 56.4 Å². The fourth-order valence-corrected chi connectivity index (χ4v) is 3.86. The molecule has 1 amide bonds. The molecule has 1 fully saturated rings. The van der Waals surface area contributed by atoms with Crippen LogP contribution in [0.15, 0.2) is 48.9 Å². The second kappa shape index (κ2) is 9.51. The molecule has 1 aliphatic heterocycles. The van der Waals surface area contributed by atoms with Gasteiger partial charge in [-0.1, -0.05) is 6.07 Å². The lowest BCUT2D eigenvalue weighted by Gasteiger charge is -2.32. The SMILES string of the molecule is Cc1cccc(Nc2cc(CC3CCCN(C(=O)/C=C/c4ccnn4C)C3)ncn2)n1. The van der Waals surface area contributed by atoms with Crippen molar-refractivity contribution in [1.82, 2.24) is 29.6 Å². The van der Waals surface area contributed by atoms with Crippen molar-refractivity contribution in [1.29, 1.82) is 0 Å². The highest BCUT2D eigenvalue weighted by Gasteiger charge is 2.23.